The standard InChI is InChI=1S/C25H22N4O/c1-16-12-13-19-20-10-6-15-27-25(20)30-23(19)22(16)29-17(2)28(18-8-4-3-5-9-18)21-11-7-14-26-24(21)29/h3-13,15,17,26H,14H2,1-2H3/t17-/m0/s1. The Hall–Kier alpha value is -3.73. The largest absolute Gasteiger partial charge is 0.435 e. The highest BCUT2D eigenvalue weighted by molar-refractivity contribution is 6.09. The van der Waals surface area contributed by atoms with Gasteiger partial charge in [-0.2, -0.15) is 0 Å². The van der Waals surface area contributed by atoms with Gasteiger partial charge in [0.05, 0.1) is 11.4 Å². The van der Waals surface area contributed by atoms with Crippen molar-refractivity contribution in [3.05, 3.63) is 90.0 Å². The average Bonchev–Trinajstić information content (AvgIpc) is 3.29. The van der Waals surface area contributed by atoms with E-state index in [1.807, 2.05) is 6.07 Å². The van der Waals surface area contributed by atoms with Gasteiger partial charge in [0.15, 0.2) is 5.58 Å². The number of para-hydroxylation sites is 1. The normalized spacial score (nSPS) is 18.4. The first-order valence-electron chi connectivity index (χ1n) is 10.3. The maximum atomic E-state index is 6.31. The number of fused-ring (bicyclic) bond motifs is 3. The van der Waals surface area contributed by atoms with Crippen LogP contribution >= 0.6 is 0 Å². The second-order valence-corrected chi connectivity index (χ2v) is 7.79. The molecule has 0 aliphatic carbocycles. The summed E-state index contributed by atoms with van der Waals surface area (Å²) in [7, 11) is 0. The van der Waals surface area contributed by atoms with Crippen molar-refractivity contribution in [1.29, 1.82) is 0 Å². The number of aryl methyl sites for hydroxylation is 1. The van der Waals surface area contributed by atoms with Crippen LogP contribution in [0.3, 0.4) is 0 Å². The predicted molar refractivity (Wildman–Crippen MR) is 121 cm³/mol. The van der Waals surface area contributed by atoms with Crippen molar-refractivity contribution in [3.8, 4) is 0 Å². The van der Waals surface area contributed by atoms with Gasteiger partial charge in [0, 0.05) is 29.2 Å². The van der Waals surface area contributed by atoms with Crippen LogP contribution in [-0.2, 0) is 0 Å². The number of aromatic nitrogens is 1. The van der Waals surface area contributed by atoms with Crippen LogP contribution in [0.15, 0.2) is 88.9 Å². The molecular formula is C25H22N4O. The number of hydrogen-bond donors (Lipinski definition) is 1. The molecule has 5 heteroatoms. The zero-order valence-electron chi connectivity index (χ0n) is 17.0. The van der Waals surface area contributed by atoms with Gasteiger partial charge in [0.25, 0.3) is 0 Å². The van der Waals surface area contributed by atoms with Crippen LogP contribution in [0.1, 0.15) is 12.5 Å². The Morgan fingerprint density at radius 3 is 2.73 bits per heavy atom. The predicted octanol–water partition coefficient (Wildman–Crippen LogP) is 5.29. The molecule has 6 rings (SSSR count). The Morgan fingerprint density at radius 2 is 1.87 bits per heavy atom. The summed E-state index contributed by atoms with van der Waals surface area (Å²) in [6.07, 6.45) is 6.24. The minimum absolute atomic E-state index is 0.0816. The monoisotopic (exact) mass is 394 g/mol. The molecule has 2 aromatic carbocycles. The van der Waals surface area contributed by atoms with Crippen molar-refractivity contribution in [1.82, 2.24) is 10.3 Å². The van der Waals surface area contributed by atoms with E-state index < -0.39 is 0 Å². The fraction of sp³-hybridized carbons (Fsp3) is 0.160. The van der Waals surface area contributed by atoms with Crippen molar-refractivity contribution in [2.45, 2.75) is 20.0 Å². The molecule has 0 saturated carbocycles. The molecule has 2 aliphatic heterocycles. The third kappa shape index (κ3) is 2.32. The van der Waals surface area contributed by atoms with E-state index in [9.17, 15) is 0 Å². The van der Waals surface area contributed by atoms with E-state index >= 15 is 0 Å². The average molecular weight is 394 g/mol. The van der Waals surface area contributed by atoms with Gasteiger partial charge in [-0.15, -0.1) is 0 Å². The summed E-state index contributed by atoms with van der Waals surface area (Å²) >= 11 is 0. The lowest BCUT2D eigenvalue weighted by Gasteiger charge is -2.32. The van der Waals surface area contributed by atoms with E-state index in [2.05, 4.69) is 94.6 Å². The molecule has 30 heavy (non-hydrogen) atoms. The molecule has 5 nitrogen and oxygen atoms in total. The second kappa shape index (κ2) is 6.39. The molecule has 1 N–H and O–H groups in total. The number of dihydropyridines is 1. The lowest BCUT2D eigenvalue weighted by Crippen LogP contribution is -2.40. The van der Waals surface area contributed by atoms with Crippen LogP contribution in [0.4, 0.5) is 11.4 Å². The van der Waals surface area contributed by atoms with Crippen molar-refractivity contribution in [2.24, 2.45) is 0 Å². The van der Waals surface area contributed by atoms with E-state index in [4.69, 9.17) is 4.42 Å². The van der Waals surface area contributed by atoms with Gasteiger partial charge in [-0.3, -0.25) is 0 Å². The van der Waals surface area contributed by atoms with Crippen molar-refractivity contribution in [2.75, 3.05) is 16.3 Å². The number of pyridine rings is 1. The van der Waals surface area contributed by atoms with E-state index in [-0.39, 0.29) is 6.17 Å². The van der Waals surface area contributed by atoms with Crippen LogP contribution in [0.2, 0.25) is 0 Å². The van der Waals surface area contributed by atoms with Gasteiger partial charge < -0.3 is 19.5 Å². The van der Waals surface area contributed by atoms with Crippen LogP contribution < -0.4 is 15.1 Å². The SMILES string of the molecule is Cc1ccc2c(oc3ncccc32)c1N1C2=C(C=CCN2)N(c2ccccc2)[C@@H]1C. The maximum Gasteiger partial charge on any atom is 0.227 e. The summed E-state index contributed by atoms with van der Waals surface area (Å²) in [5, 5.41) is 5.75. The number of hydrogen-bond acceptors (Lipinski definition) is 5. The Labute approximate surface area is 174 Å². The number of nitrogens with one attached hydrogen (secondary N) is 1. The highest BCUT2D eigenvalue weighted by atomic mass is 16.3. The van der Waals surface area contributed by atoms with Gasteiger partial charge in [-0.25, -0.2) is 4.98 Å². The summed E-state index contributed by atoms with van der Waals surface area (Å²) in [4.78, 5) is 9.18. The molecule has 2 aromatic heterocycles. The topological polar surface area (TPSA) is 44.5 Å². The minimum atomic E-state index is 0.0816. The molecule has 4 heterocycles. The summed E-state index contributed by atoms with van der Waals surface area (Å²) in [6, 6.07) is 18.9. The number of anilines is 2. The molecule has 0 fully saturated rings. The Bertz CT molecular complexity index is 1340. The van der Waals surface area contributed by atoms with Crippen LogP contribution in [0.25, 0.3) is 22.1 Å². The van der Waals surface area contributed by atoms with Gasteiger partial charge in [0.2, 0.25) is 5.71 Å². The molecule has 1 atom stereocenters. The molecule has 0 amide bonds. The van der Waals surface area contributed by atoms with Gasteiger partial charge in [0.1, 0.15) is 12.0 Å². The summed E-state index contributed by atoms with van der Waals surface area (Å²) < 4.78 is 6.31. The number of benzene rings is 2. The molecule has 148 valence electrons. The van der Waals surface area contributed by atoms with E-state index in [1.165, 1.54) is 16.9 Å². The molecule has 0 spiro atoms. The third-order valence-electron chi connectivity index (χ3n) is 6.02. The maximum absolute atomic E-state index is 6.31. The van der Waals surface area contributed by atoms with E-state index in [0.29, 0.717) is 5.71 Å². The summed E-state index contributed by atoms with van der Waals surface area (Å²) in [5.74, 6) is 1.11. The number of rotatable bonds is 2. The lowest BCUT2D eigenvalue weighted by atomic mass is 10.1. The van der Waals surface area contributed by atoms with Crippen molar-refractivity contribution < 1.29 is 4.42 Å². The summed E-state index contributed by atoms with van der Waals surface area (Å²) in [6.45, 7) is 5.19. The van der Waals surface area contributed by atoms with Crippen molar-refractivity contribution >= 4 is 33.4 Å². The molecule has 0 bridgehead atoms. The summed E-state index contributed by atoms with van der Waals surface area (Å²) in [5.41, 5.74) is 6.17. The van der Waals surface area contributed by atoms with Crippen LogP contribution in [0.5, 0.6) is 0 Å². The first-order valence-corrected chi connectivity index (χ1v) is 10.3. The molecule has 0 radical (unpaired) electrons. The fourth-order valence-electron chi connectivity index (χ4n) is 4.70. The first kappa shape index (κ1) is 17.2. The zero-order chi connectivity index (χ0) is 20.2. The highest BCUT2D eigenvalue weighted by Gasteiger charge is 2.39. The number of allylic oxidation sites excluding steroid dienone is 1. The van der Waals surface area contributed by atoms with Gasteiger partial charge in [-0.1, -0.05) is 36.4 Å². The van der Waals surface area contributed by atoms with Gasteiger partial charge in [-0.05, 0) is 49.8 Å². The molecule has 0 saturated heterocycles. The van der Waals surface area contributed by atoms with Crippen LogP contribution in [0, 0.1) is 6.92 Å². The molecule has 4 aromatic rings. The third-order valence-corrected chi connectivity index (χ3v) is 6.02. The molecule has 2 aliphatic rings. The minimum Gasteiger partial charge on any atom is -0.435 e. The highest BCUT2D eigenvalue weighted by Crippen LogP contribution is 2.44. The second-order valence-electron chi connectivity index (χ2n) is 7.79. The Morgan fingerprint density at radius 1 is 1.00 bits per heavy atom. The number of nitrogens with zero attached hydrogens (tertiary/aromatic N) is 3. The smallest absolute Gasteiger partial charge is 0.227 e. The molecule has 0 unspecified atom stereocenters. The fourth-order valence-corrected chi connectivity index (χ4v) is 4.70. The van der Waals surface area contributed by atoms with E-state index in [1.54, 1.807) is 6.20 Å². The quantitative estimate of drug-likeness (QED) is 0.500. The lowest BCUT2D eigenvalue weighted by molar-refractivity contribution is 0.644. The van der Waals surface area contributed by atoms with E-state index in [0.717, 1.165) is 34.4 Å². The first-order chi connectivity index (χ1) is 14.7. The van der Waals surface area contributed by atoms with Crippen LogP contribution in [-0.4, -0.2) is 17.7 Å². The van der Waals surface area contributed by atoms with Crippen molar-refractivity contribution in [3.63, 3.8) is 0 Å². The Kier molecular flexibility index (Phi) is 3.65. The molecular weight excluding hydrogens is 372 g/mol. The number of furan rings is 1. The Balaban J connectivity index is 1.60. The zero-order valence-corrected chi connectivity index (χ0v) is 17.0. The van der Waals surface area contributed by atoms with Gasteiger partial charge >= 0.3 is 0 Å².